The first-order valence-corrected chi connectivity index (χ1v) is 8.64. The molecule has 0 radical (unpaired) electrons. The van der Waals surface area contributed by atoms with Gasteiger partial charge < -0.3 is 4.74 Å². The average molecular weight is 367 g/mol. The van der Waals surface area contributed by atoms with Crippen molar-refractivity contribution in [2.24, 2.45) is 5.92 Å². The molecular weight excluding hydrogens is 347 g/mol. The second-order valence-electron chi connectivity index (χ2n) is 5.80. The van der Waals surface area contributed by atoms with Gasteiger partial charge in [-0.3, -0.25) is 4.79 Å². The summed E-state index contributed by atoms with van der Waals surface area (Å²) >= 11 is 0. The van der Waals surface area contributed by atoms with Crippen LogP contribution in [0.1, 0.15) is 31.4 Å². The molecule has 0 saturated carbocycles. The zero-order valence-corrected chi connectivity index (χ0v) is 14.6. The van der Waals surface area contributed by atoms with Gasteiger partial charge >= 0.3 is 12.1 Å². The summed E-state index contributed by atoms with van der Waals surface area (Å²) in [5.74, 6) is -0.823. The van der Waals surface area contributed by atoms with Crippen molar-refractivity contribution >= 4 is 16.0 Å². The molecule has 1 aromatic carbocycles. The molecule has 136 valence electrons. The zero-order chi connectivity index (χ0) is 18.7. The van der Waals surface area contributed by atoms with Gasteiger partial charge in [-0.15, -0.1) is 0 Å². The van der Waals surface area contributed by atoms with Gasteiger partial charge in [-0.1, -0.05) is 19.9 Å². The molecule has 1 rings (SSSR count). The first-order chi connectivity index (χ1) is 10.9. The van der Waals surface area contributed by atoms with Gasteiger partial charge in [-0.2, -0.15) is 17.9 Å². The van der Waals surface area contributed by atoms with E-state index in [-0.39, 0.29) is 17.9 Å². The van der Waals surface area contributed by atoms with Crippen LogP contribution in [0.2, 0.25) is 0 Å². The first kappa shape index (κ1) is 20.4. The normalized spacial score (nSPS) is 13.8. The van der Waals surface area contributed by atoms with E-state index in [1.807, 2.05) is 0 Å². The molecule has 0 bridgehead atoms. The van der Waals surface area contributed by atoms with E-state index in [1.54, 1.807) is 13.8 Å². The predicted molar refractivity (Wildman–Crippen MR) is 81.8 cm³/mol. The molecule has 0 aliphatic carbocycles. The van der Waals surface area contributed by atoms with Crippen molar-refractivity contribution < 1.29 is 31.1 Å². The number of sulfonamides is 1. The number of halogens is 3. The number of nitrogens with one attached hydrogen (secondary N) is 1. The lowest BCUT2D eigenvalue weighted by Crippen LogP contribution is -2.42. The molecule has 0 aromatic heterocycles. The van der Waals surface area contributed by atoms with Crippen LogP contribution >= 0.6 is 0 Å². The Morgan fingerprint density at radius 3 is 2.33 bits per heavy atom. The minimum Gasteiger partial charge on any atom is -0.468 e. The van der Waals surface area contributed by atoms with E-state index in [2.05, 4.69) is 9.46 Å². The van der Waals surface area contributed by atoms with E-state index in [0.29, 0.717) is 6.07 Å². The van der Waals surface area contributed by atoms with Gasteiger partial charge in [0.25, 0.3) is 0 Å². The number of esters is 1. The van der Waals surface area contributed by atoms with Crippen LogP contribution in [0.15, 0.2) is 23.1 Å². The van der Waals surface area contributed by atoms with Gasteiger partial charge in [0, 0.05) is 0 Å². The number of alkyl halides is 3. The SMILES string of the molecule is COC(=O)C(CC(C)C)NS(=O)(=O)c1ccc(C)c(C(F)(F)F)c1. The van der Waals surface area contributed by atoms with Crippen LogP contribution in [-0.4, -0.2) is 27.5 Å². The highest BCUT2D eigenvalue weighted by Gasteiger charge is 2.34. The summed E-state index contributed by atoms with van der Waals surface area (Å²) in [6.07, 6.45) is -4.51. The van der Waals surface area contributed by atoms with Crippen LogP contribution in [0, 0.1) is 12.8 Å². The average Bonchev–Trinajstić information content (AvgIpc) is 2.43. The summed E-state index contributed by atoms with van der Waals surface area (Å²) in [6, 6.07) is 1.53. The van der Waals surface area contributed by atoms with Crippen LogP contribution in [0.25, 0.3) is 0 Å². The fourth-order valence-electron chi connectivity index (χ4n) is 2.14. The van der Waals surface area contributed by atoms with Crippen molar-refractivity contribution in [3.8, 4) is 0 Å². The van der Waals surface area contributed by atoms with Gasteiger partial charge in [-0.25, -0.2) is 8.42 Å². The van der Waals surface area contributed by atoms with Gasteiger partial charge in [-0.05, 0) is 37.0 Å². The standard InChI is InChI=1S/C15H20F3NO4S/c1-9(2)7-13(14(20)23-4)19-24(21,22)11-6-5-10(3)12(8-11)15(16,17)18/h5-6,8-9,13,19H,7H2,1-4H3. The Kier molecular flexibility index (Phi) is 6.40. The third kappa shape index (κ3) is 5.20. The van der Waals surface area contributed by atoms with E-state index < -0.39 is 38.7 Å². The Bertz CT molecular complexity index is 699. The number of hydrogen-bond acceptors (Lipinski definition) is 4. The summed E-state index contributed by atoms with van der Waals surface area (Å²) in [4.78, 5) is 11.2. The highest BCUT2D eigenvalue weighted by molar-refractivity contribution is 7.89. The van der Waals surface area contributed by atoms with Gasteiger partial charge in [0.05, 0.1) is 17.6 Å². The molecule has 0 spiro atoms. The van der Waals surface area contributed by atoms with Crippen molar-refractivity contribution in [3.63, 3.8) is 0 Å². The van der Waals surface area contributed by atoms with Crippen molar-refractivity contribution in [2.45, 2.75) is 44.3 Å². The van der Waals surface area contributed by atoms with E-state index in [4.69, 9.17) is 0 Å². The lowest BCUT2D eigenvalue weighted by atomic mass is 10.1. The molecule has 5 nitrogen and oxygen atoms in total. The van der Waals surface area contributed by atoms with Crippen molar-refractivity contribution in [1.29, 1.82) is 0 Å². The van der Waals surface area contributed by atoms with Crippen molar-refractivity contribution in [2.75, 3.05) is 7.11 Å². The fraction of sp³-hybridized carbons (Fsp3) is 0.533. The van der Waals surface area contributed by atoms with Crippen LogP contribution in [0.5, 0.6) is 0 Å². The predicted octanol–water partition coefficient (Wildman–Crippen LogP) is 2.88. The van der Waals surface area contributed by atoms with Crippen LogP contribution in [-0.2, 0) is 25.7 Å². The van der Waals surface area contributed by atoms with Crippen LogP contribution in [0.4, 0.5) is 13.2 Å². The van der Waals surface area contributed by atoms with Crippen LogP contribution < -0.4 is 4.72 Å². The minimum absolute atomic E-state index is 0.0273. The summed E-state index contributed by atoms with van der Waals surface area (Å²) in [7, 11) is -3.20. The molecule has 0 saturated heterocycles. The van der Waals surface area contributed by atoms with Crippen LogP contribution in [0.3, 0.4) is 0 Å². The molecule has 1 unspecified atom stereocenters. The number of rotatable bonds is 6. The number of hydrogen-bond donors (Lipinski definition) is 1. The minimum atomic E-state index is -4.67. The summed E-state index contributed by atoms with van der Waals surface area (Å²) in [5, 5.41) is 0. The number of aryl methyl sites for hydroxylation is 1. The highest BCUT2D eigenvalue weighted by atomic mass is 32.2. The molecule has 1 N–H and O–H groups in total. The van der Waals surface area contributed by atoms with E-state index in [0.717, 1.165) is 19.2 Å². The lowest BCUT2D eigenvalue weighted by molar-refractivity contribution is -0.143. The molecule has 0 amide bonds. The fourth-order valence-corrected chi connectivity index (χ4v) is 3.36. The topological polar surface area (TPSA) is 72.5 Å². The summed E-state index contributed by atoms with van der Waals surface area (Å²) < 4.78 is 70.2. The number of carbonyl (C=O) groups excluding carboxylic acids is 1. The Morgan fingerprint density at radius 2 is 1.88 bits per heavy atom. The summed E-state index contributed by atoms with van der Waals surface area (Å²) in [5.41, 5.74) is -1.13. The Balaban J connectivity index is 3.22. The maximum atomic E-state index is 12.9. The molecule has 0 aliphatic rings. The molecule has 1 aromatic rings. The number of benzene rings is 1. The zero-order valence-electron chi connectivity index (χ0n) is 13.8. The molecule has 0 aliphatic heterocycles. The Hall–Kier alpha value is -1.61. The second kappa shape index (κ2) is 7.52. The third-order valence-electron chi connectivity index (χ3n) is 3.31. The third-order valence-corrected chi connectivity index (χ3v) is 4.78. The molecule has 1 atom stereocenters. The quantitative estimate of drug-likeness (QED) is 0.785. The molecule has 0 fully saturated rings. The van der Waals surface area contributed by atoms with Gasteiger partial charge in [0.2, 0.25) is 10.0 Å². The highest BCUT2D eigenvalue weighted by Crippen LogP contribution is 2.33. The first-order valence-electron chi connectivity index (χ1n) is 7.16. The largest absolute Gasteiger partial charge is 0.468 e. The van der Waals surface area contributed by atoms with Gasteiger partial charge in [0.15, 0.2) is 0 Å². The smallest absolute Gasteiger partial charge is 0.416 e. The monoisotopic (exact) mass is 367 g/mol. The van der Waals surface area contributed by atoms with E-state index in [9.17, 15) is 26.4 Å². The Labute approximate surface area is 139 Å². The van der Waals surface area contributed by atoms with E-state index in [1.165, 1.54) is 6.92 Å². The number of methoxy groups -OCH3 is 1. The second-order valence-corrected chi connectivity index (χ2v) is 7.52. The summed E-state index contributed by atoms with van der Waals surface area (Å²) in [6.45, 7) is 4.79. The molecule has 9 heteroatoms. The Morgan fingerprint density at radius 1 is 1.29 bits per heavy atom. The van der Waals surface area contributed by atoms with Gasteiger partial charge in [0.1, 0.15) is 6.04 Å². The van der Waals surface area contributed by atoms with Crippen molar-refractivity contribution in [1.82, 2.24) is 4.72 Å². The number of carbonyl (C=O) groups is 1. The van der Waals surface area contributed by atoms with E-state index >= 15 is 0 Å². The molecule has 24 heavy (non-hydrogen) atoms. The maximum Gasteiger partial charge on any atom is 0.416 e. The van der Waals surface area contributed by atoms with Crippen molar-refractivity contribution in [3.05, 3.63) is 29.3 Å². The molecular formula is C15H20F3NO4S. The lowest BCUT2D eigenvalue weighted by Gasteiger charge is -2.19. The maximum absolute atomic E-state index is 12.9. The molecule has 0 heterocycles. The number of ether oxygens (including phenoxy) is 1.